The number of aliphatic imine (C=N–C) groups is 1. The van der Waals surface area contributed by atoms with Gasteiger partial charge < -0.3 is 9.13 Å². The van der Waals surface area contributed by atoms with Crippen LogP contribution in [0.2, 0.25) is 0 Å². The average molecular weight is 696 g/mol. The predicted octanol–water partition coefficient (Wildman–Crippen LogP) is 11.4. The third-order valence-electron chi connectivity index (χ3n) is 9.48. The van der Waals surface area contributed by atoms with Crippen molar-refractivity contribution in [1.29, 1.82) is 10.5 Å². The van der Waals surface area contributed by atoms with Crippen molar-refractivity contribution in [2.24, 2.45) is 4.99 Å². The number of nitriles is 2. The molecular weight excluding hydrogens is 668 g/mol. The summed E-state index contributed by atoms with van der Waals surface area (Å²) < 4.78 is 49.2. The molecule has 0 fully saturated rings. The molecule has 53 heavy (non-hydrogen) atoms. The Morgan fingerprint density at radius 1 is 0.642 bits per heavy atom. The highest BCUT2D eigenvalue weighted by atomic mass is 19.4. The van der Waals surface area contributed by atoms with E-state index in [0.29, 0.717) is 44.5 Å². The summed E-state index contributed by atoms with van der Waals surface area (Å²) in [7, 11) is 0. The second-order valence-electron chi connectivity index (χ2n) is 12.5. The first-order chi connectivity index (χ1) is 25.8. The van der Waals surface area contributed by atoms with Crippen molar-refractivity contribution in [3.63, 3.8) is 0 Å². The van der Waals surface area contributed by atoms with E-state index in [0.717, 1.165) is 27.1 Å². The van der Waals surface area contributed by atoms with Gasteiger partial charge in [-0.1, -0.05) is 97.6 Å². The summed E-state index contributed by atoms with van der Waals surface area (Å²) in [6.45, 7) is 3.79. The zero-order valence-electron chi connectivity index (χ0n) is 28.1. The molecule has 0 spiro atoms. The van der Waals surface area contributed by atoms with Crippen molar-refractivity contribution in [3.05, 3.63) is 180 Å². The first kappa shape index (κ1) is 33.0. The first-order valence-corrected chi connectivity index (χ1v) is 16.8. The smallest absolute Gasteiger partial charge is 0.309 e. The van der Waals surface area contributed by atoms with E-state index < -0.39 is 11.7 Å². The maximum Gasteiger partial charge on any atom is 0.416 e. The van der Waals surface area contributed by atoms with Crippen LogP contribution in [0.5, 0.6) is 0 Å². The molecule has 0 amide bonds. The summed E-state index contributed by atoms with van der Waals surface area (Å²) in [5.41, 5.74) is 4.91. The zero-order chi connectivity index (χ0) is 36.7. The van der Waals surface area contributed by atoms with E-state index in [4.69, 9.17) is 4.99 Å². The van der Waals surface area contributed by atoms with Crippen LogP contribution in [0.15, 0.2) is 157 Å². The van der Waals surface area contributed by atoms with Crippen molar-refractivity contribution < 1.29 is 13.2 Å². The summed E-state index contributed by atoms with van der Waals surface area (Å²) in [5.74, 6) is 0. The van der Waals surface area contributed by atoms with E-state index in [2.05, 4.69) is 18.7 Å². The number of allylic oxidation sites excluding steroid dienone is 3. The lowest BCUT2D eigenvalue weighted by Gasteiger charge is -2.22. The molecule has 0 saturated heterocycles. The summed E-state index contributed by atoms with van der Waals surface area (Å²) in [5, 5.41) is 23.1. The topological polar surface area (TPSA) is 69.8 Å². The molecule has 0 aliphatic heterocycles. The minimum absolute atomic E-state index is 0.0214. The Labute approximate surface area is 302 Å². The minimum Gasteiger partial charge on any atom is -0.309 e. The van der Waals surface area contributed by atoms with Crippen LogP contribution in [0.1, 0.15) is 27.8 Å². The molecule has 0 atom stereocenters. The molecule has 8 aromatic rings. The van der Waals surface area contributed by atoms with Crippen molar-refractivity contribution in [3.8, 4) is 23.5 Å². The highest BCUT2D eigenvalue weighted by molar-refractivity contribution is 6.12. The second kappa shape index (κ2) is 13.2. The van der Waals surface area contributed by atoms with Crippen LogP contribution in [0.4, 0.5) is 13.2 Å². The van der Waals surface area contributed by atoms with Gasteiger partial charge >= 0.3 is 6.18 Å². The Kier molecular flexibility index (Phi) is 8.21. The summed E-state index contributed by atoms with van der Waals surface area (Å²) in [4.78, 5) is 5.09. The third-order valence-corrected chi connectivity index (χ3v) is 9.48. The number of halogens is 3. The number of fused-ring (bicyclic) bond motifs is 6. The number of para-hydroxylation sites is 2. The van der Waals surface area contributed by atoms with Gasteiger partial charge in [-0.05, 0) is 60.2 Å². The van der Waals surface area contributed by atoms with E-state index in [1.807, 2.05) is 106 Å². The number of rotatable bonds is 7. The lowest BCUT2D eigenvalue weighted by atomic mass is 10.0. The fourth-order valence-corrected chi connectivity index (χ4v) is 7.14. The minimum atomic E-state index is -4.72. The average Bonchev–Trinajstić information content (AvgIpc) is 3.69. The van der Waals surface area contributed by atoms with Crippen LogP contribution >= 0.6 is 0 Å². The van der Waals surface area contributed by atoms with E-state index in [9.17, 15) is 10.5 Å². The van der Waals surface area contributed by atoms with Crippen LogP contribution in [-0.2, 0) is 12.7 Å². The molecule has 0 saturated carbocycles. The fraction of sp³-hybridized carbons (Fsp3) is 0.0444. The van der Waals surface area contributed by atoms with Crippen molar-refractivity contribution in [2.75, 3.05) is 0 Å². The van der Waals surface area contributed by atoms with Gasteiger partial charge in [0.2, 0.25) is 0 Å². The van der Waals surface area contributed by atoms with Gasteiger partial charge in [0.1, 0.15) is 0 Å². The maximum absolute atomic E-state index is 15.2. The fourth-order valence-electron chi connectivity index (χ4n) is 7.14. The molecule has 6 aromatic carbocycles. The largest absolute Gasteiger partial charge is 0.416 e. The molecule has 5 nitrogen and oxygen atoms in total. The molecular formula is C45H28F3N5. The Morgan fingerprint density at radius 2 is 1.13 bits per heavy atom. The van der Waals surface area contributed by atoms with Crippen LogP contribution in [0.25, 0.3) is 55.0 Å². The van der Waals surface area contributed by atoms with Gasteiger partial charge in [-0.3, -0.25) is 4.99 Å². The monoisotopic (exact) mass is 695 g/mol. The summed E-state index contributed by atoms with van der Waals surface area (Å²) in [6, 6.07) is 41.9. The third kappa shape index (κ3) is 5.73. The number of hydrogen-bond donors (Lipinski definition) is 0. The van der Waals surface area contributed by atoms with Crippen LogP contribution in [0, 0.1) is 22.7 Å². The highest BCUT2D eigenvalue weighted by Gasteiger charge is 2.34. The lowest BCUT2D eigenvalue weighted by Crippen LogP contribution is -2.13. The standard InChI is InChI=1S/C45H28F3N5/c1-2-3-15-38(31-11-5-4-6-12-31)51-28-37-43(52-39-16-9-7-13-33(39)35-20-18-29(26-49)22-41(35)52)24-32(45(46,47)48)25-44(37)53-40-17-10-8-14-34(40)36-21-19-30(27-50)23-42(36)53/h2-25H,1,28H2/b15-3-,51-38?. The molecule has 0 bridgehead atoms. The van der Waals surface area contributed by atoms with Crippen LogP contribution < -0.4 is 0 Å². The Morgan fingerprint density at radius 3 is 1.62 bits per heavy atom. The van der Waals surface area contributed by atoms with Gasteiger partial charge in [-0.25, -0.2) is 0 Å². The molecule has 0 aliphatic carbocycles. The number of benzene rings is 6. The number of hydrogen-bond acceptors (Lipinski definition) is 3. The Bertz CT molecular complexity index is 2740. The molecule has 0 aliphatic rings. The highest BCUT2D eigenvalue weighted by Crippen LogP contribution is 2.42. The van der Waals surface area contributed by atoms with Gasteiger partial charge in [0.25, 0.3) is 0 Å². The van der Waals surface area contributed by atoms with Crippen LogP contribution in [-0.4, -0.2) is 14.8 Å². The van der Waals surface area contributed by atoms with Gasteiger partial charge in [-0.2, -0.15) is 23.7 Å². The molecule has 2 heterocycles. The van der Waals surface area contributed by atoms with Gasteiger partial charge in [0.15, 0.2) is 0 Å². The molecule has 0 N–H and O–H groups in total. The Balaban J connectivity index is 1.56. The van der Waals surface area contributed by atoms with Gasteiger partial charge in [-0.15, -0.1) is 0 Å². The van der Waals surface area contributed by atoms with Gasteiger partial charge in [0, 0.05) is 27.1 Å². The Hall–Kier alpha value is -7.16. The molecule has 0 radical (unpaired) electrons. The van der Waals surface area contributed by atoms with Crippen molar-refractivity contribution in [2.45, 2.75) is 12.7 Å². The number of nitrogens with zero attached hydrogens (tertiary/aromatic N) is 5. The van der Waals surface area contributed by atoms with Crippen LogP contribution in [0.3, 0.4) is 0 Å². The molecule has 254 valence electrons. The number of alkyl halides is 3. The second-order valence-corrected chi connectivity index (χ2v) is 12.5. The molecule has 2 aromatic heterocycles. The molecule has 8 rings (SSSR count). The lowest BCUT2D eigenvalue weighted by molar-refractivity contribution is -0.137. The van der Waals surface area contributed by atoms with Crippen molar-refractivity contribution in [1.82, 2.24) is 9.13 Å². The SMILES string of the molecule is C=C/C=C\C(=NCc1c(-n2c3ccccc3c3ccc(C#N)cc32)cc(C(F)(F)F)cc1-n1c2ccccc2c2ccc(C#N)cc21)c1ccccc1. The van der Waals surface area contributed by atoms with Gasteiger partial charge in [0.05, 0.1) is 74.5 Å². The first-order valence-electron chi connectivity index (χ1n) is 16.8. The predicted molar refractivity (Wildman–Crippen MR) is 206 cm³/mol. The molecule has 0 unspecified atom stereocenters. The zero-order valence-corrected chi connectivity index (χ0v) is 28.1. The van der Waals surface area contributed by atoms with Crippen molar-refractivity contribution >= 4 is 49.3 Å². The quantitative estimate of drug-likeness (QED) is 0.123. The maximum atomic E-state index is 15.2. The number of aromatic nitrogens is 2. The van der Waals surface area contributed by atoms with E-state index in [-0.39, 0.29) is 17.9 Å². The summed E-state index contributed by atoms with van der Waals surface area (Å²) >= 11 is 0. The van der Waals surface area contributed by atoms with E-state index >= 15 is 13.2 Å². The summed E-state index contributed by atoms with van der Waals surface area (Å²) in [6.07, 6.45) is 0.516. The van der Waals surface area contributed by atoms with E-state index in [1.54, 1.807) is 36.4 Å². The normalized spacial score (nSPS) is 12.2. The van der Waals surface area contributed by atoms with E-state index in [1.165, 1.54) is 12.1 Å². The molecule has 8 heteroatoms.